The SMILES string of the molecule is COC1CC(NCCCC(CCN)C(C)(C)C)C1(C)C. The highest BCUT2D eigenvalue weighted by atomic mass is 16.5. The first-order valence-electron chi connectivity index (χ1n) is 8.19. The number of nitrogens with one attached hydrogen (secondary N) is 1. The van der Waals surface area contributed by atoms with Crippen LogP contribution in [0, 0.1) is 16.7 Å². The van der Waals surface area contributed by atoms with Crippen molar-refractivity contribution in [2.75, 3.05) is 20.2 Å². The second-order valence-electron chi connectivity index (χ2n) is 8.07. The Morgan fingerprint density at radius 1 is 1.30 bits per heavy atom. The summed E-state index contributed by atoms with van der Waals surface area (Å²) in [5.74, 6) is 0.732. The Morgan fingerprint density at radius 3 is 2.40 bits per heavy atom. The summed E-state index contributed by atoms with van der Waals surface area (Å²) in [4.78, 5) is 0. The van der Waals surface area contributed by atoms with Gasteiger partial charge in [0.05, 0.1) is 6.10 Å². The van der Waals surface area contributed by atoms with Crippen molar-refractivity contribution in [2.24, 2.45) is 22.5 Å². The highest BCUT2D eigenvalue weighted by molar-refractivity contribution is 5.02. The molecule has 0 aromatic heterocycles. The summed E-state index contributed by atoms with van der Waals surface area (Å²) in [5.41, 5.74) is 6.39. The van der Waals surface area contributed by atoms with Crippen molar-refractivity contribution in [2.45, 2.75) is 72.4 Å². The van der Waals surface area contributed by atoms with Gasteiger partial charge in [-0.05, 0) is 50.1 Å². The summed E-state index contributed by atoms with van der Waals surface area (Å²) in [5, 5.41) is 3.71. The Kier molecular flexibility index (Phi) is 6.49. The van der Waals surface area contributed by atoms with Gasteiger partial charge >= 0.3 is 0 Å². The van der Waals surface area contributed by atoms with Gasteiger partial charge in [-0.2, -0.15) is 0 Å². The molecule has 0 bridgehead atoms. The highest BCUT2D eigenvalue weighted by Gasteiger charge is 2.47. The van der Waals surface area contributed by atoms with Crippen molar-refractivity contribution in [1.29, 1.82) is 0 Å². The quantitative estimate of drug-likeness (QED) is 0.673. The Morgan fingerprint density at radius 2 is 1.95 bits per heavy atom. The fourth-order valence-corrected chi connectivity index (χ4v) is 3.47. The van der Waals surface area contributed by atoms with Gasteiger partial charge in [-0.1, -0.05) is 34.6 Å². The van der Waals surface area contributed by atoms with Gasteiger partial charge in [0.15, 0.2) is 0 Å². The zero-order valence-corrected chi connectivity index (χ0v) is 14.5. The summed E-state index contributed by atoms with van der Waals surface area (Å²) >= 11 is 0. The van der Waals surface area contributed by atoms with Crippen LogP contribution in [0.5, 0.6) is 0 Å². The van der Waals surface area contributed by atoms with E-state index < -0.39 is 0 Å². The van der Waals surface area contributed by atoms with E-state index in [1.165, 1.54) is 12.8 Å². The minimum absolute atomic E-state index is 0.273. The molecule has 0 amide bonds. The van der Waals surface area contributed by atoms with E-state index in [4.69, 9.17) is 10.5 Å². The van der Waals surface area contributed by atoms with E-state index in [2.05, 4.69) is 39.9 Å². The van der Waals surface area contributed by atoms with E-state index in [0.717, 1.165) is 31.8 Å². The molecular weight excluding hydrogens is 248 g/mol. The minimum atomic E-state index is 0.273. The smallest absolute Gasteiger partial charge is 0.0652 e. The van der Waals surface area contributed by atoms with Crippen LogP contribution >= 0.6 is 0 Å². The number of rotatable bonds is 8. The second-order valence-corrected chi connectivity index (χ2v) is 8.07. The van der Waals surface area contributed by atoms with Crippen LogP contribution in [0.2, 0.25) is 0 Å². The summed E-state index contributed by atoms with van der Waals surface area (Å²) in [6.45, 7) is 13.5. The molecule has 0 aromatic carbocycles. The maximum absolute atomic E-state index is 5.75. The van der Waals surface area contributed by atoms with Crippen LogP contribution in [-0.2, 0) is 4.74 Å². The molecule has 3 atom stereocenters. The average molecular weight is 284 g/mol. The minimum Gasteiger partial charge on any atom is -0.381 e. The van der Waals surface area contributed by atoms with E-state index >= 15 is 0 Å². The number of ether oxygens (including phenoxy) is 1. The van der Waals surface area contributed by atoms with Crippen LogP contribution in [0.3, 0.4) is 0 Å². The average Bonchev–Trinajstić information content (AvgIpc) is 2.34. The van der Waals surface area contributed by atoms with Crippen LogP contribution in [0.15, 0.2) is 0 Å². The molecule has 3 N–H and O–H groups in total. The highest BCUT2D eigenvalue weighted by Crippen LogP contribution is 2.42. The standard InChI is InChI=1S/C17H36N2O/c1-16(2,3)13(9-10-18)8-7-11-19-14-12-15(20-6)17(14,4)5/h13-15,19H,7-12,18H2,1-6H3. The van der Waals surface area contributed by atoms with Crippen molar-refractivity contribution >= 4 is 0 Å². The Balaban J connectivity index is 2.25. The van der Waals surface area contributed by atoms with Crippen molar-refractivity contribution in [3.05, 3.63) is 0 Å². The van der Waals surface area contributed by atoms with Gasteiger partial charge in [0.25, 0.3) is 0 Å². The van der Waals surface area contributed by atoms with E-state index in [-0.39, 0.29) is 5.41 Å². The third kappa shape index (κ3) is 4.44. The maximum atomic E-state index is 5.75. The molecule has 0 aliphatic heterocycles. The van der Waals surface area contributed by atoms with Gasteiger partial charge in [-0.25, -0.2) is 0 Å². The maximum Gasteiger partial charge on any atom is 0.0652 e. The molecule has 0 aromatic rings. The van der Waals surface area contributed by atoms with Crippen molar-refractivity contribution in [3.8, 4) is 0 Å². The van der Waals surface area contributed by atoms with Gasteiger partial charge in [0.2, 0.25) is 0 Å². The Bertz CT molecular complexity index is 283. The lowest BCUT2D eigenvalue weighted by atomic mass is 9.64. The van der Waals surface area contributed by atoms with Crippen molar-refractivity contribution in [3.63, 3.8) is 0 Å². The third-order valence-electron chi connectivity index (χ3n) is 5.32. The lowest BCUT2D eigenvalue weighted by molar-refractivity contribution is -0.0973. The molecule has 120 valence electrons. The Labute approximate surface area is 126 Å². The van der Waals surface area contributed by atoms with Crippen LogP contribution in [0.25, 0.3) is 0 Å². The lowest BCUT2D eigenvalue weighted by Crippen LogP contribution is -2.60. The van der Waals surface area contributed by atoms with Gasteiger partial charge in [0, 0.05) is 18.6 Å². The normalized spacial score (nSPS) is 27.1. The molecule has 0 spiro atoms. The first-order chi connectivity index (χ1) is 9.23. The number of nitrogens with two attached hydrogens (primary N) is 1. The molecule has 0 radical (unpaired) electrons. The fourth-order valence-electron chi connectivity index (χ4n) is 3.47. The predicted octanol–water partition coefficient (Wildman–Crippen LogP) is 3.18. The van der Waals surface area contributed by atoms with Gasteiger partial charge in [-0.3, -0.25) is 0 Å². The summed E-state index contributed by atoms with van der Waals surface area (Å²) in [6, 6.07) is 0.607. The molecule has 1 aliphatic rings. The van der Waals surface area contributed by atoms with Gasteiger partial charge in [-0.15, -0.1) is 0 Å². The molecule has 3 heteroatoms. The summed E-state index contributed by atoms with van der Waals surface area (Å²) in [6.07, 6.45) is 5.22. The largest absolute Gasteiger partial charge is 0.381 e. The van der Waals surface area contributed by atoms with Gasteiger partial charge in [0.1, 0.15) is 0 Å². The van der Waals surface area contributed by atoms with Crippen molar-refractivity contribution in [1.82, 2.24) is 5.32 Å². The zero-order chi connectivity index (χ0) is 15.4. The number of hydrogen-bond donors (Lipinski definition) is 2. The number of methoxy groups -OCH3 is 1. The molecule has 3 unspecified atom stereocenters. The van der Waals surface area contributed by atoms with Crippen LogP contribution < -0.4 is 11.1 Å². The first kappa shape index (κ1) is 17.9. The molecule has 1 rings (SSSR count). The van der Waals surface area contributed by atoms with E-state index in [1.54, 1.807) is 0 Å². The molecule has 0 saturated heterocycles. The number of hydrogen-bond acceptors (Lipinski definition) is 3. The summed E-state index contributed by atoms with van der Waals surface area (Å²) in [7, 11) is 1.82. The van der Waals surface area contributed by atoms with Gasteiger partial charge < -0.3 is 15.8 Å². The third-order valence-corrected chi connectivity index (χ3v) is 5.32. The summed E-state index contributed by atoms with van der Waals surface area (Å²) < 4.78 is 5.50. The van der Waals surface area contributed by atoms with Crippen LogP contribution in [0.4, 0.5) is 0 Å². The molecule has 1 aliphatic carbocycles. The van der Waals surface area contributed by atoms with Crippen molar-refractivity contribution < 1.29 is 4.74 Å². The first-order valence-corrected chi connectivity index (χ1v) is 8.19. The molecule has 1 fully saturated rings. The molecule has 0 heterocycles. The van der Waals surface area contributed by atoms with Crippen LogP contribution in [-0.4, -0.2) is 32.3 Å². The molecule has 20 heavy (non-hydrogen) atoms. The molecule has 3 nitrogen and oxygen atoms in total. The molecular formula is C17H36N2O. The zero-order valence-electron chi connectivity index (χ0n) is 14.5. The van der Waals surface area contributed by atoms with E-state index in [0.29, 0.717) is 17.6 Å². The van der Waals surface area contributed by atoms with E-state index in [9.17, 15) is 0 Å². The monoisotopic (exact) mass is 284 g/mol. The van der Waals surface area contributed by atoms with E-state index in [1.807, 2.05) is 7.11 Å². The van der Waals surface area contributed by atoms with Crippen LogP contribution in [0.1, 0.15) is 60.3 Å². The second kappa shape index (κ2) is 7.24. The molecule has 1 saturated carbocycles. The predicted molar refractivity (Wildman–Crippen MR) is 86.8 cm³/mol. The Hall–Kier alpha value is -0.120. The topological polar surface area (TPSA) is 47.3 Å². The lowest BCUT2D eigenvalue weighted by Gasteiger charge is -2.51. The fraction of sp³-hybridized carbons (Fsp3) is 1.00.